The van der Waals surface area contributed by atoms with Crippen molar-refractivity contribution >= 4 is 22.3 Å². The van der Waals surface area contributed by atoms with Gasteiger partial charge in [-0.3, -0.25) is 4.79 Å². The highest BCUT2D eigenvalue weighted by molar-refractivity contribution is 6.02. The van der Waals surface area contributed by atoms with Gasteiger partial charge < -0.3 is 15.0 Å². The van der Waals surface area contributed by atoms with E-state index >= 15 is 0 Å². The van der Waals surface area contributed by atoms with Crippen molar-refractivity contribution in [3.05, 3.63) is 83.4 Å². The van der Waals surface area contributed by atoms with Gasteiger partial charge in [0.1, 0.15) is 11.4 Å². The number of fused-ring (bicyclic) bond motifs is 3. The number of nitrogens with one attached hydrogen (secondary N) is 1. The van der Waals surface area contributed by atoms with Crippen molar-refractivity contribution in [2.75, 3.05) is 26.2 Å². The van der Waals surface area contributed by atoms with Crippen molar-refractivity contribution in [3.8, 4) is 5.75 Å². The van der Waals surface area contributed by atoms with Crippen LogP contribution < -0.4 is 10.1 Å². The number of hydrogen-bond acceptors (Lipinski definition) is 3. The molecule has 2 heterocycles. The predicted molar refractivity (Wildman–Crippen MR) is 130 cm³/mol. The molecule has 2 aliphatic heterocycles. The van der Waals surface area contributed by atoms with Crippen LogP contribution in [0.15, 0.2) is 66.7 Å². The van der Waals surface area contributed by atoms with Crippen LogP contribution in [0.3, 0.4) is 0 Å². The van der Waals surface area contributed by atoms with Crippen molar-refractivity contribution in [2.24, 2.45) is 0 Å². The normalized spacial score (nSPS) is 16.9. The monoisotopic (exact) mass is 426 g/mol. The van der Waals surface area contributed by atoms with Gasteiger partial charge in [0.25, 0.3) is 5.91 Å². The Bertz CT molecular complexity index is 1170. The maximum Gasteiger partial charge on any atom is 0.253 e. The summed E-state index contributed by atoms with van der Waals surface area (Å²) in [7, 11) is 0. The van der Waals surface area contributed by atoms with Gasteiger partial charge in [-0.2, -0.15) is 0 Å². The molecule has 1 amide bonds. The fourth-order valence-electron chi connectivity index (χ4n) is 5.01. The van der Waals surface area contributed by atoms with Gasteiger partial charge in [-0.05, 0) is 73.1 Å². The molecule has 3 aromatic carbocycles. The number of rotatable bonds is 4. The Hall–Kier alpha value is -3.11. The number of hydrogen-bond donors (Lipinski definition) is 1. The zero-order valence-corrected chi connectivity index (χ0v) is 18.9. The van der Waals surface area contributed by atoms with Gasteiger partial charge >= 0.3 is 0 Å². The molecule has 0 atom stereocenters. The highest BCUT2D eigenvalue weighted by Gasteiger charge is 2.37. The molecule has 4 heteroatoms. The Balaban J connectivity index is 1.62. The van der Waals surface area contributed by atoms with Crippen molar-refractivity contribution in [2.45, 2.75) is 32.3 Å². The van der Waals surface area contributed by atoms with Gasteiger partial charge in [0.05, 0.1) is 0 Å². The molecule has 164 valence electrons. The molecule has 0 saturated carbocycles. The number of nitrogens with zero attached hydrogens (tertiary/aromatic N) is 1. The van der Waals surface area contributed by atoms with Gasteiger partial charge in [0, 0.05) is 37.1 Å². The van der Waals surface area contributed by atoms with E-state index in [1.54, 1.807) is 0 Å². The Labute approximate surface area is 189 Å². The first kappa shape index (κ1) is 20.8. The van der Waals surface area contributed by atoms with Crippen LogP contribution in [0.2, 0.25) is 0 Å². The van der Waals surface area contributed by atoms with Gasteiger partial charge in [-0.15, -0.1) is 0 Å². The number of benzene rings is 3. The fraction of sp³-hybridized carbons (Fsp3) is 0.321. The maximum absolute atomic E-state index is 12.8. The van der Waals surface area contributed by atoms with Crippen LogP contribution in [0.4, 0.5) is 0 Å². The third kappa shape index (κ3) is 3.59. The third-order valence-corrected chi connectivity index (χ3v) is 6.82. The molecule has 1 fully saturated rings. The van der Waals surface area contributed by atoms with Crippen molar-refractivity contribution in [1.82, 2.24) is 10.2 Å². The fourth-order valence-corrected chi connectivity index (χ4v) is 5.01. The Morgan fingerprint density at radius 2 is 1.69 bits per heavy atom. The maximum atomic E-state index is 12.8. The average molecular weight is 427 g/mol. The average Bonchev–Trinajstić information content (AvgIpc) is 2.84. The van der Waals surface area contributed by atoms with Gasteiger partial charge in [-0.1, -0.05) is 42.5 Å². The van der Waals surface area contributed by atoms with Crippen LogP contribution in [-0.4, -0.2) is 42.6 Å². The molecule has 0 radical (unpaired) electrons. The minimum Gasteiger partial charge on any atom is -0.482 e. The van der Waals surface area contributed by atoms with E-state index in [0.717, 1.165) is 61.5 Å². The summed E-state index contributed by atoms with van der Waals surface area (Å²) in [5.74, 6) is 1.04. The number of carbonyl (C=O) groups excluding carboxylic acids is 1. The molecule has 1 spiro atoms. The Kier molecular flexibility index (Phi) is 5.48. The van der Waals surface area contributed by atoms with E-state index in [9.17, 15) is 4.79 Å². The molecule has 2 aliphatic rings. The number of piperidine rings is 1. The molecule has 0 aliphatic carbocycles. The van der Waals surface area contributed by atoms with E-state index in [-0.39, 0.29) is 11.5 Å². The number of carbonyl (C=O) groups is 1. The number of amides is 1. The SMILES string of the molecule is CCN(CC)C(=O)c1ccc(C2=CC3(CCNCC3)Oc3ccc4ccccc4c32)cc1. The standard InChI is InChI=1S/C28H30N2O2/c1-3-30(4-2)27(31)22-11-9-21(10-12-22)24-19-28(15-17-29-18-16-28)32-25-14-13-20-7-5-6-8-23(20)26(24)25/h5-14,19,29H,3-4,15-18H2,1-2H3. The van der Waals surface area contributed by atoms with E-state index in [1.165, 1.54) is 16.3 Å². The molecule has 0 aromatic heterocycles. The summed E-state index contributed by atoms with van der Waals surface area (Å²) in [5, 5.41) is 5.86. The zero-order valence-electron chi connectivity index (χ0n) is 18.9. The lowest BCUT2D eigenvalue weighted by atomic mass is 9.82. The summed E-state index contributed by atoms with van der Waals surface area (Å²) in [6.45, 7) is 7.37. The molecule has 4 nitrogen and oxygen atoms in total. The third-order valence-electron chi connectivity index (χ3n) is 6.82. The topological polar surface area (TPSA) is 41.6 Å². The van der Waals surface area contributed by atoms with E-state index in [1.807, 2.05) is 30.9 Å². The predicted octanol–water partition coefficient (Wildman–Crippen LogP) is 5.27. The highest BCUT2D eigenvalue weighted by atomic mass is 16.5. The number of ether oxygens (including phenoxy) is 1. The summed E-state index contributed by atoms with van der Waals surface area (Å²) in [6.07, 6.45) is 4.23. The summed E-state index contributed by atoms with van der Waals surface area (Å²) >= 11 is 0. The zero-order chi connectivity index (χ0) is 22.1. The molecule has 0 unspecified atom stereocenters. The van der Waals surface area contributed by atoms with Crippen LogP contribution in [0.5, 0.6) is 5.75 Å². The smallest absolute Gasteiger partial charge is 0.253 e. The molecule has 1 N–H and O–H groups in total. The van der Waals surface area contributed by atoms with Crippen molar-refractivity contribution in [3.63, 3.8) is 0 Å². The van der Waals surface area contributed by atoms with Crippen LogP contribution in [0.1, 0.15) is 48.2 Å². The molecular weight excluding hydrogens is 396 g/mol. The minimum atomic E-state index is -0.286. The first-order chi connectivity index (χ1) is 15.6. The van der Waals surface area contributed by atoms with Crippen LogP contribution in [0.25, 0.3) is 16.3 Å². The minimum absolute atomic E-state index is 0.0863. The highest BCUT2D eigenvalue weighted by Crippen LogP contribution is 2.45. The van der Waals surface area contributed by atoms with Crippen LogP contribution in [-0.2, 0) is 0 Å². The molecule has 1 saturated heterocycles. The second-order valence-electron chi connectivity index (χ2n) is 8.69. The van der Waals surface area contributed by atoms with Gasteiger partial charge in [0.15, 0.2) is 0 Å². The van der Waals surface area contributed by atoms with E-state index in [2.05, 4.69) is 59.9 Å². The second-order valence-corrected chi connectivity index (χ2v) is 8.69. The Morgan fingerprint density at radius 1 is 0.969 bits per heavy atom. The van der Waals surface area contributed by atoms with E-state index in [4.69, 9.17) is 4.74 Å². The summed E-state index contributed by atoms with van der Waals surface area (Å²) in [6, 6.07) is 20.9. The molecule has 3 aromatic rings. The van der Waals surface area contributed by atoms with Gasteiger partial charge in [-0.25, -0.2) is 0 Å². The summed E-state index contributed by atoms with van der Waals surface area (Å²) in [4.78, 5) is 14.7. The molecule has 32 heavy (non-hydrogen) atoms. The summed E-state index contributed by atoms with van der Waals surface area (Å²) < 4.78 is 6.67. The lowest BCUT2D eigenvalue weighted by Crippen LogP contribution is -2.46. The van der Waals surface area contributed by atoms with E-state index in [0.29, 0.717) is 0 Å². The molecule has 0 bridgehead atoms. The summed E-state index contributed by atoms with van der Waals surface area (Å²) in [5.41, 5.74) is 3.92. The van der Waals surface area contributed by atoms with Crippen molar-refractivity contribution < 1.29 is 9.53 Å². The Morgan fingerprint density at radius 3 is 2.41 bits per heavy atom. The first-order valence-electron chi connectivity index (χ1n) is 11.7. The van der Waals surface area contributed by atoms with Gasteiger partial charge in [0.2, 0.25) is 0 Å². The van der Waals surface area contributed by atoms with Crippen LogP contribution >= 0.6 is 0 Å². The lowest BCUT2D eigenvalue weighted by Gasteiger charge is -2.40. The lowest BCUT2D eigenvalue weighted by molar-refractivity contribution is 0.0772. The second kappa shape index (κ2) is 8.44. The van der Waals surface area contributed by atoms with E-state index < -0.39 is 0 Å². The quantitative estimate of drug-likeness (QED) is 0.618. The first-order valence-corrected chi connectivity index (χ1v) is 11.7. The largest absolute Gasteiger partial charge is 0.482 e. The van der Waals surface area contributed by atoms with Crippen molar-refractivity contribution in [1.29, 1.82) is 0 Å². The molecule has 5 rings (SSSR count). The van der Waals surface area contributed by atoms with Crippen LogP contribution in [0, 0.1) is 0 Å². The molecular formula is C28H30N2O2.